The predicted octanol–water partition coefficient (Wildman–Crippen LogP) is 0.0490. The summed E-state index contributed by atoms with van der Waals surface area (Å²) >= 11 is 3.34. The Hall–Kier alpha value is -0.964. The third-order valence-corrected chi connectivity index (χ3v) is 4.16. The Morgan fingerprint density at radius 3 is 2.40 bits per heavy atom. The van der Waals surface area contributed by atoms with Crippen molar-refractivity contribution < 1.29 is 70.8 Å². The first-order chi connectivity index (χ1) is 11.5. The fourth-order valence-electron chi connectivity index (χ4n) is 2.51. The fraction of sp³-hybridized carbons (Fsp3) is 0.111. The van der Waals surface area contributed by atoms with Crippen LogP contribution < -0.4 is 66.0 Å². The first kappa shape index (κ1) is 20.3. The largest absolute Gasteiger partial charge is 1.00 e. The molecule has 0 aliphatic heterocycles. The molecule has 0 saturated heterocycles. The van der Waals surface area contributed by atoms with Gasteiger partial charge in [-0.15, -0.1) is 0 Å². The number of methoxy groups -OCH3 is 2. The maximum Gasteiger partial charge on any atom is 1.00 e. The Balaban J connectivity index is 0.00000225. The van der Waals surface area contributed by atoms with Crippen molar-refractivity contribution >= 4 is 32.8 Å². The molecule has 0 saturated carbocycles. The van der Waals surface area contributed by atoms with E-state index in [1.807, 2.05) is 6.07 Å². The van der Waals surface area contributed by atoms with Gasteiger partial charge in [0.2, 0.25) is 0 Å². The van der Waals surface area contributed by atoms with E-state index in [9.17, 15) is 9.90 Å². The number of aromatic nitrogens is 1. The van der Waals surface area contributed by atoms with Gasteiger partial charge in [0.1, 0.15) is 0 Å². The van der Waals surface area contributed by atoms with Crippen LogP contribution in [-0.4, -0.2) is 25.2 Å². The smallest absolute Gasteiger partial charge is 0.545 e. The van der Waals surface area contributed by atoms with Crippen LogP contribution in [0.5, 0.6) is 11.5 Å². The summed E-state index contributed by atoms with van der Waals surface area (Å²) in [4.78, 5) is 16.1. The Morgan fingerprint density at radius 1 is 1.04 bits per heavy atom. The van der Waals surface area contributed by atoms with Gasteiger partial charge in [0.25, 0.3) is 0 Å². The molecule has 7 heteroatoms. The summed E-state index contributed by atoms with van der Waals surface area (Å²) in [6, 6.07) is 12.1. The molecule has 1 heterocycles. The van der Waals surface area contributed by atoms with Crippen LogP contribution in [-0.2, 0) is 0 Å². The summed E-state index contributed by atoms with van der Waals surface area (Å²) in [7, 11) is 3.09. The number of hydrogen-bond acceptors (Lipinski definition) is 5. The zero-order valence-corrected chi connectivity index (χ0v) is 18.7. The summed E-state index contributed by atoms with van der Waals surface area (Å²) in [6.07, 6.45) is 0. The third kappa shape index (κ3) is 4.24. The van der Waals surface area contributed by atoms with E-state index in [4.69, 9.17) is 9.47 Å². The van der Waals surface area contributed by atoms with Gasteiger partial charge < -0.3 is 19.4 Å². The summed E-state index contributed by atoms with van der Waals surface area (Å²) in [5, 5.41) is 12.1. The second kappa shape index (κ2) is 8.61. The van der Waals surface area contributed by atoms with Gasteiger partial charge in [0, 0.05) is 21.0 Å². The number of carbonyl (C=O) groups is 1. The number of pyridine rings is 1. The van der Waals surface area contributed by atoms with Gasteiger partial charge in [-0.05, 0) is 42.5 Å². The number of halogens is 1. The van der Waals surface area contributed by atoms with E-state index in [0.717, 1.165) is 10.0 Å². The van der Waals surface area contributed by atoms with Crippen LogP contribution in [0.1, 0.15) is 10.4 Å². The predicted molar refractivity (Wildman–Crippen MR) is 92.3 cm³/mol. The van der Waals surface area contributed by atoms with E-state index in [1.165, 1.54) is 6.07 Å². The van der Waals surface area contributed by atoms with E-state index in [-0.39, 0.29) is 56.9 Å². The molecule has 5 nitrogen and oxygen atoms in total. The molecule has 0 atom stereocenters. The van der Waals surface area contributed by atoms with Crippen molar-refractivity contribution in [1.29, 1.82) is 0 Å². The number of benzene rings is 2. The van der Waals surface area contributed by atoms with Crippen molar-refractivity contribution in [2.45, 2.75) is 0 Å². The van der Waals surface area contributed by atoms with Crippen LogP contribution >= 0.6 is 15.9 Å². The SMILES string of the molecule is COc1ccc(-c2cc(C(=O)[O-])c3cc(Br)ccc3n2)cc1OC.[K+]. The maximum atomic E-state index is 11.5. The normalized spacial score (nSPS) is 10.2. The van der Waals surface area contributed by atoms with Crippen LogP contribution in [0.15, 0.2) is 46.9 Å². The fourth-order valence-corrected chi connectivity index (χ4v) is 2.87. The van der Waals surface area contributed by atoms with Gasteiger partial charge in [-0.25, -0.2) is 4.98 Å². The standard InChI is InChI=1S/C18H14BrNO4.K/c1-23-16-6-3-10(7-17(16)24-2)15-9-13(18(21)22)12-8-11(19)4-5-14(12)20-15;/h3-9H,1-2H3,(H,21,22);/q;+1/p-1. The summed E-state index contributed by atoms with van der Waals surface area (Å²) in [6.45, 7) is 0. The van der Waals surface area contributed by atoms with Crippen LogP contribution in [0.3, 0.4) is 0 Å². The van der Waals surface area contributed by atoms with Gasteiger partial charge in [-0.3, -0.25) is 0 Å². The maximum absolute atomic E-state index is 11.5. The van der Waals surface area contributed by atoms with Gasteiger partial charge >= 0.3 is 51.4 Å². The minimum Gasteiger partial charge on any atom is -0.545 e. The van der Waals surface area contributed by atoms with Crippen LogP contribution in [0, 0.1) is 0 Å². The number of hydrogen-bond donors (Lipinski definition) is 0. The Morgan fingerprint density at radius 2 is 1.76 bits per heavy atom. The van der Waals surface area contributed by atoms with Crippen molar-refractivity contribution in [3.8, 4) is 22.8 Å². The Kier molecular flexibility index (Phi) is 7.01. The van der Waals surface area contributed by atoms with Gasteiger partial charge in [0.05, 0.1) is 31.4 Å². The molecule has 0 amide bonds. The van der Waals surface area contributed by atoms with E-state index < -0.39 is 5.97 Å². The Labute approximate surface area is 195 Å². The molecule has 0 radical (unpaired) electrons. The molecule has 3 aromatic rings. The molecule has 122 valence electrons. The first-order valence-corrected chi connectivity index (χ1v) is 7.87. The average molecular weight is 426 g/mol. The van der Waals surface area contributed by atoms with E-state index in [2.05, 4.69) is 20.9 Å². The first-order valence-electron chi connectivity index (χ1n) is 7.07. The van der Waals surface area contributed by atoms with Crippen molar-refractivity contribution in [2.24, 2.45) is 0 Å². The minimum atomic E-state index is -1.25. The van der Waals surface area contributed by atoms with E-state index >= 15 is 0 Å². The van der Waals surface area contributed by atoms with Crippen LogP contribution in [0.2, 0.25) is 0 Å². The number of carboxylic acid groups (broad SMARTS) is 1. The molecular weight excluding hydrogens is 413 g/mol. The average Bonchev–Trinajstić information content (AvgIpc) is 2.60. The second-order valence-corrected chi connectivity index (χ2v) is 5.99. The third-order valence-electron chi connectivity index (χ3n) is 3.67. The zero-order chi connectivity index (χ0) is 17.3. The minimum absolute atomic E-state index is 0. The molecule has 0 aliphatic rings. The van der Waals surface area contributed by atoms with Crippen LogP contribution in [0.4, 0.5) is 0 Å². The number of ether oxygens (including phenoxy) is 2. The van der Waals surface area contributed by atoms with Gasteiger partial charge in [0.15, 0.2) is 11.5 Å². The van der Waals surface area contributed by atoms with Crippen molar-refractivity contribution in [3.63, 3.8) is 0 Å². The summed E-state index contributed by atoms with van der Waals surface area (Å²) < 4.78 is 11.3. The molecule has 0 spiro atoms. The molecule has 0 N–H and O–H groups in total. The molecule has 1 aromatic heterocycles. The molecular formula is C18H13BrKNO4. The number of nitrogens with zero attached hydrogens (tertiary/aromatic N) is 1. The summed E-state index contributed by atoms with van der Waals surface area (Å²) in [5.41, 5.74) is 1.90. The molecule has 3 rings (SSSR count). The number of aromatic carboxylic acids is 1. The van der Waals surface area contributed by atoms with Gasteiger partial charge in [-0.2, -0.15) is 0 Å². The Bertz CT molecular complexity index is 946. The summed E-state index contributed by atoms with van der Waals surface area (Å²) in [5.74, 6) is -0.115. The molecule has 2 aromatic carbocycles. The topological polar surface area (TPSA) is 71.5 Å². The second-order valence-electron chi connectivity index (χ2n) is 5.07. The zero-order valence-electron chi connectivity index (χ0n) is 14.0. The molecule has 0 aliphatic carbocycles. The van der Waals surface area contributed by atoms with E-state index in [0.29, 0.717) is 28.1 Å². The van der Waals surface area contributed by atoms with Crippen molar-refractivity contribution in [3.05, 3.63) is 52.5 Å². The number of fused-ring (bicyclic) bond motifs is 1. The number of rotatable bonds is 4. The number of carbonyl (C=O) groups excluding carboxylic acids is 1. The molecule has 0 unspecified atom stereocenters. The van der Waals surface area contributed by atoms with Crippen molar-refractivity contribution in [2.75, 3.05) is 14.2 Å². The van der Waals surface area contributed by atoms with Crippen LogP contribution in [0.25, 0.3) is 22.2 Å². The quantitative estimate of drug-likeness (QED) is 0.552. The van der Waals surface area contributed by atoms with Gasteiger partial charge in [-0.1, -0.05) is 15.9 Å². The van der Waals surface area contributed by atoms with Crippen molar-refractivity contribution in [1.82, 2.24) is 4.98 Å². The van der Waals surface area contributed by atoms with E-state index in [1.54, 1.807) is 44.6 Å². The molecule has 0 fully saturated rings. The monoisotopic (exact) mass is 425 g/mol. The molecule has 25 heavy (non-hydrogen) atoms. The number of carboxylic acids is 1. The molecule has 0 bridgehead atoms.